The predicted octanol–water partition coefficient (Wildman–Crippen LogP) is 2.40. The minimum atomic E-state index is 0. The zero-order valence-corrected chi connectivity index (χ0v) is 12.3. The maximum atomic E-state index is 4.38. The van der Waals surface area contributed by atoms with Gasteiger partial charge in [-0.2, -0.15) is 0 Å². The summed E-state index contributed by atoms with van der Waals surface area (Å²) in [7, 11) is 1.87. The summed E-state index contributed by atoms with van der Waals surface area (Å²) in [6.45, 7) is 1.05. The summed E-state index contributed by atoms with van der Waals surface area (Å²) in [6, 6.07) is 9.26. The number of hydrogen-bond acceptors (Lipinski definition) is 1. The van der Waals surface area contributed by atoms with Gasteiger partial charge < -0.3 is 10.2 Å². The molecule has 1 N–H and O–H groups in total. The third-order valence-electron chi connectivity index (χ3n) is 3.27. The summed E-state index contributed by atoms with van der Waals surface area (Å²) in [5, 5.41) is 3.50. The molecule has 2 aliphatic rings. The molecule has 1 aromatic rings. The second kappa shape index (κ2) is 5.25. The Bertz CT molecular complexity index is 426. The van der Waals surface area contributed by atoms with Crippen molar-refractivity contribution in [1.29, 1.82) is 0 Å². The lowest BCUT2D eigenvalue weighted by Gasteiger charge is -2.22. The fraction of sp³-hybridized carbons (Fsp3) is 0.462. The number of nitrogens with zero attached hydrogens (tertiary/aromatic N) is 2. The number of rotatable bonds is 1. The van der Waals surface area contributed by atoms with Gasteiger partial charge >= 0.3 is 0 Å². The number of para-hydroxylation sites is 1. The van der Waals surface area contributed by atoms with E-state index in [9.17, 15) is 0 Å². The van der Waals surface area contributed by atoms with Crippen molar-refractivity contribution in [2.75, 3.05) is 18.5 Å². The van der Waals surface area contributed by atoms with Crippen LogP contribution in [-0.4, -0.2) is 25.6 Å². The molecule has 1 saturated carbocycles. The number of halogens is 1. The lowest BCUT2D eigenvalue weighted by molar-refractivity contribution is 0.862. The quantitative estimate of drug-likeness (QED) is 0.482. The van der Waals surface area contributed by atoms with Crippen molar-refractivity contribution in [1.82, 2.24) is 5.32 Å². The van der Waals surface area contributed by atoms with E-state index < -0.39 is 0 Å². The van der Waals surface area contributed by atoms with E-state index in [4.69, 9.17) is 0 Å². The standard InChI is InChI=1S/C13H17N3.HI/c1-14-13(15-11-6-7-11)16-9-8-10-4-2-3-5-12(10)16;/h2-5,11H,6-9H2,1H3,(H,14,15);1H. The van der Waals surface area contributed by atoms with Crippen molar-refractivity contribution in [2.45, 2.75) is 25.3 Å². The first-order valence-corrected chi connectivity index (χ1v) is 5.97. The predicted molar refractivity (Wildman–Crippen MR) is 82.4 cm³/mol. The van der Waals surface area contributed by atoms with Gasteiger partial charge in [-0.3, -0.25) is 4.99 Å². The SMILES string of the molecule is CN=C(NC1CC1)N1CCc2ccccc21.I. The number of guanidine groups is 1. The number of aliphatic imine (C=N–C) groups is 1. The smallest absolute Gasteiger partial charge is 0.198 e. The Morgan fingerprint density at radius 3 is 2.82 bits per heavy atom. The van der Waals surface area contributed by atoms with Crippen LogP contribution in [0.4, 0.5) is 5.69 Å². The van der Waals surface area contributed by atoms with Crippen molar-refractivity contribution in [3.8, 4) is 0 Å². The maximum absolute atomic E-state index is 4.38. The highest BCUT2D eigenvalue weighted by Crippen LogP contribution is 2.28. The molecule has 0 saturated heterocycles. The molecular weight excluding hydrogens is 325 g/mol. The monoisotopic (exact) mass is 343 g/mol. The Morgan fingerprint density at radius 2 is 2.12 bits per heavy atom. The van der Waals surface area contributed by atoms with Gasteiger partial charge in [-0.15, -0.1) is 24.0 Å². The van der Waals surface area contributed by atoms with Gasteiger partial charge in [0.15, 0.2) is 5.96 Å². The molecule has 0 radical (unpaired) electrons. The van der Waals surface area contributed by atoms with E-state index in [1.807, 2.05) is 7.05 Å². The second-order valence-electron chi connectivity index (χ2n) is 4.50. The zero-order valence-electron chi connectivity index (χ0n) is 10.0. The van der Waals surface area contributed by atoms with Crippen LogP contribution in [0.15, 0.2) is 29.3 Å². The number of fused-ring (bicyclic) bond motifs is 1. The van der Waals surface area contributed by atoms with Crippen molar-refractivity contribution < 1.29 is 0 Å². The molecule has 0 bridgehead atoms. The molecule has 1 aromatic carbocycles. The van der Waals surface area contributed by atoms with Crippen LogP contribution >= 0.6 is 24.0 Å². The fourth-order valence-electron chi connectivity index (χ4n) is 2.23. The van der Waals surface area contributed by atoms with Gasteiger partial charge in [0.25, 0.3) is 0 Å². The van der Waals surface area contributed by atoms with Crippen molar-refractivity contribution in [3.05, 3.63) is 29.8 Å². The normalized spacial score (nSPS) is 18.6. The van der Waals surface area contributed by atoms with Gasteiger partial charge in [0, 0.05) is 25.3 Å². The molecule has 0 spiro atoms. The van der Waals surface area contributed by atoms with Crippen molar-refractivity contribution >= 4 is 35.6 Å². The van der Waals surface area contributed by atoms with Crippen molar-refractivity contribution in [3.63, 3.8) is 0 Å². The molecule has 3 nitrogen and oxygen atoms in total. The number of hydrogen-bond donors (Lipinski definition) is 1. The van der Waals surface area contributed by atoms with E-state index in [1.165, 1.54) is 24.1 Å². The Balaban J connectivity index is 0.00000108. The Morgan fingerprint density at radius 1 is 1.35 bits per heavy atom. The summed E-state index contributed by atoms with van der Waals surface area (Å²) in [5.41, 5.74) is 2.75. The Hall–Kier alpha value is -0.780. The average Bonchev–Trinajstić information content (AvgIpc) is 3.04. The van der Waals surface area contributed by atoms with Crippen LogP contribution in [0.5, 0.6) is 0 Å². The largest absolute Gasteiger partial charge is 0.353 e. The van der Waals surface area contributed by atoms with Crippen LogP contribution in [0.25, 0.3) is 0 Å². The molecule has 1 fully saturated rings. The Labute approximate surface area is 119 Å². The highest BCUT2D eigenvalue weighted by atomic mass is 127. The zero-order chi connectivity index (χ0) is 11.0. The molecule has 0 aromatic heterocycles. The lowest BCUT2D eigenvalue weighted by atomic mass is 10.2. The molecule has 4 heteroatoms. The molecule has 17 heavy (non-hydrogen) atoms. The lowest BCUT2D eigenvalue weighted by Crippen LogP contribution is -2.41. The van der Waals surface area contributed by atoms with Gasteiger partial charge in [0.05, 0.1) is 0 Å². The molecule has 0 amide bonds. The first-order valence-electron chi connectivity index (χ1n) is 5.97. The van der Waals surface area contributed by atoms with Gasteiger partial charge in [0.2, 0.25) is 0 Å². The van der Waals surface area contributed by atoms with E-state index in [2.05, 4.69) is 39.5 Å². The van der Waals surface area contributed by atoms with Crippen LogP contribution in [0.3, 0.4) is 0 Å². The van der Waals surface area contributed by atoms with Crippen LogP contribution in [0.2, 0.25) is 0 Å². The van der Waals surface area contributed by atoms with Crippen LogP contribution in [-0.2, 0) is 6.42 Å². The first kappa shape index (κ1) is 12.7. The second-order valence-corrected chi connectivity index (χ2v) is 4.50. The van der Waals surface area contributed by atoms with Gasteiger partial charge in [-0.05, 0) is 30.9 Å². The fourth-order valence-corrected chi connectivity index (χ4v) is 2.23. The summed E-state index contributed by atoms with van der Waals surface area (Å²) >= 11 is 0. The molecule has 1 aliphatic heterocycles. The van der Waals surface area contributed by atoms with E-state index in [0.717, 1.165) is 18.9 Å². The molecule has 1 aliphatic carbocycles. The molecule has 0 unspecified atom stereocenters. The van der Waals surface area contributed by atoms with Gasteiger partial charge in [-0.1, -0.05) is 18.2 Å². The third kappa shape index (κ3) is 2.56. The summed E-state index contributed by atoms with van der Waals surface area (Å²) in [5.74, 6) is 1.03. The molecule has 1 heterocycles. The number of nitrogens with one attached hydrogen (secondary N) is 1. The summed E-state index contributed by atoms with van der Waals surface area (Å²) in [4.78, 5) is 6.68. The summed E-state index contributed by atoms with van der Waals surface area (Å²) in [6.07, 6.45) is 3.70. The van der Waals surface area contributed by atoms with E-state index in [1.54, 1.807) is 0 Å². The minimum Gasteiger partial charge on any atom is -0.353 e. The number of benzene rings is 1. The van der Waals surface area contributed by atoms with Gasteiger partial charge in [0.1, 0.15) is 0 Å². The van der Waals surface area contributed by atoms with Gasteiger partial charge in [-0.25, -0.2) is 0 Å². The average molecular weight is 343 g/mol. The summed E-state index contributed by atoms with van der Waals surface area (Å²) < 4.78 is 0. The molecule has 0 atom stereocenters. The molecule has 3 rings (SSSR count). The third-order valence-corrected chi connectivity index (χ3v) is 3.27. The minimum absolute atomic E-state index is 0. The van der Waals surface area contributed by atoms with Crippen LogP contribution < -0.4 is 10.2 Å². The van der Waals surface area contributed by atoms with E-state index in [-0.39, 0.29) is 24.0 Å². The highest BCUT2D eigenvalue weighted by molar-refractivity contribution is 14.0. The van der Waals surface area contributed by atoms with E-state index in [0.29, 0.717) is 6.04 Å². The van der Waals surface area contributed by atoms with Crippen LogP contribution in [0.1, 0.15) is 18.4 Å². The Kier molecular flexibility index (Phi) is 3.91. The maximum Gasteiger partial charge on any atom is 0.198 e. The first-order chi connectivity index (χ1) is 7.88. The number of anilines is 1. The topological polar surface area (TPSA) is 27.6 Å². The van der Waals surface area contributed by atoms with Crippen LogP contribution in [0, 0.1) is 0 Å². The highest BCUT2D eigenvalue weighted by Gasteiger charge is 2.27. The van der Waals surface area contributed by atoms with Crippen molar-refractivity contribution in [2.24, 2.45) is 4.99 Å². The molecular formula is C13H18IN3. The van der Waals surface area contributed by atoms with E-state index >= 15 is 0 Å². The molecule has 92 valence electrons.